The molecule has 1 aliphatic rings. The minimum absolute atomic E-state index is 0.0332. The van der Waals surface area contributed by atoms with Crippen LogP contribution in [0.25, 0.3) is 28.3 Å². The molecule has 1 aromatic carbocycles. The van der Waals surface area contributed by atoms with E-state index in [1.54, 1.807) is 36.4 Å². The van der Waals surface area contributed by atoms with Crippen LogP contribution in [0.2, 0.25) is 0 Å². The Bertz CT molecular complexity index is 1640. The number of hydrogen-bond acceptors (Lipinski definition) is 11. The zero-order valence-electron chi connectivity index (χ0n) is 23.5. The molecule has 1 unspecified atom stereocenters. The zero-order valence-corrected chi connectivity index (χ0v) is 23.5. The fourth-order valence-corrected chi connectivity index (χ4v) is 4.99. The summed E-state index contributed by atoms with van der Waals surface area (Å²) in [6.07, 6.45) is 3.19. The smallest absolute Gasteiger partial charge is 0.247 e. The van der Waals surface area contributed by atoms with Crippen LogP contribution in [0.15, 0.2) is 53.3 Å². The van der Waals surface area contributed by atoms with E-state index in [0.29, 0.717) is 80.9 Å². The van der Waals surface area contributed by atoms with Gasteiger partial charge in [0.25, 0.3) is 0 Å². The van der Waals surface area contributed by atoms with E-state index in [-0.39, 0.29) is 11.9 Å². The molecule has 220 valence electrons. The first-order valence-electron chi connectivity index (χ1n) is 13.8. The number of rotatable bonds is 11. The van der Waals surface area contributed by atoms with Crippen LogP contribution in [0, 0.1) is 0 Å². The number of aromatic nitrogens is 6. The maximum absolute atomic E-state index is 13.5. The van der Waals surface area contributed by atoms with Crippen LogP contribution in [0.5, 0.6) is 5.75 Å². The molecule has 5 heterocycles. The van der Waals surface area contributed by atoms with Crippen molar-refractivity contribution in [2.75, 3.05) is 70.3 Å². The summed E-state index contributed by atoms with van der Waals surface area (Å²) in [5.74, 6) is 1.81. The van der Waals surface area contributed by atoms with Crippen molar-refractivity contribution in [3.8, 4) is 17.3 Å². The van der Waals surface area contributed by atoms with E-state index in [1.807, 2.05) is 36.1 Å². The van der Waals surface area contributed by atoms with E-state index < -0.39 is 6.04 Å². The van der Waals surface area contributed by atoms with Gasteiger partial charge in [0.1, 0.15) is 18.4 Å². The number of amides is 1. The van der Waals surface area contributed by atoms with Crippen molar-refractivity contribution < 1.29 is 23.4 Å². The molecule has 1 aliphatic heterocycles. The lowest BCUT2D eigenvalue weighted by molar-refractivity contribution is -0.134. The minimum atomic E-state index is -0.578. The molecule has 5 aromatic rings. The van der Waals surface area contributed by atoms with Crippen molar-refractivity contribution in [3.05, 3.63) is 48.9 Å². The van der Waals surface area contributed by atoms with Crippen molar-refractivity contribution in [1.29, 1.82) is 0 Å². The molecule has 0 spiro atoms. The Hall–Kier alpha value is -4.69. The molecule has 4 aromatic heterocycles. The third-order valence-corrected chi connectivity index (χ3v) is 7.24. The van der Waals surface area contributed by atoms with Gasteiger partial charge in [-0.05, 0) is 43.3 Å². The normalized spacial score (nSPS) is 14.6. The predicted molar refractivity (Wildman–Crippen MR) is 154 cm³/mol. The SMILES string of the molecule is COCCOCCOc1ccc(N2CCN(C(=O)C(C)n3ncc4c3nc(N)n3nc(-c5ccco5)nc43)CC2)cc1. The third kappa shape index (κ3) is 5.45. The highest BCUT2D eigenvalue weighted by Gasteiger charge is 2.28. The molecule has 0 bridgehead atoms. The number of fused-ring (bicyclic) bond motifs is 3. The first-order valence-corrected chi connectivity index (χ1v) is 13.8. The molecular formula is C28H33N9O5. The Morgan fingerprint density at radius 1 is 1.02 bits per heavy atom. The number of methoxy groups -OCH3 is 1. The van der Waals surface area contributed by atoms with Crippen LogP contribution in [0.4, 0.5) is 11.6 Å². The molecule has 2 N–H and O–H groups in total. The first kappa shape index (κ1) is 27.5. The van der Waals surface area contributed by atoms with Crippen LogP contribution in [0.3, 0.4) is 0 Å². The lowest BCUT2D eigenvalue weighted by Crippen LogP contribution is -2.50. The second kappa shape index (κ2) is 12.0. The van der Waals surface area contributed by atoms with Crippen molar-refractivity contribution in [2.24, 2.45) is 0 Å². The average molecular weight is 576 g/mol. The summed E-state index contributed by atoms with van der Waals surface area (Å²) >= 11 is 0. The third-order valence-electron chi connectivity index (χ3n) is 7.24. The summed E-state index contributed by atoms with van der Waals surface area (Å²) in [6, 6.07) is 10.9. The maximum atomic E-state index is 13.5. The number of nitrogen functional groups attached to an aromatic ring is 1. The van der Waals surface area contributed by atoms with Gasteiger partial charge in [-0.1, -0.05) is 0 Å². The molecule has 14 heteroatoms. The van der Waals surface area contributed by atoms with E-state index >= 15 is 0 Å². The van der Waals surface area contributed by atoms with Gasteiger partial charge >= 0.3 is 0 Å². The number of carbonyl (C=O) groups excluding carboxylic acids is 1. The number of benzene rings is 1. The second-order valence-electron chi connectivity index (χ2n) is 9.88. The predicted octanol–water partition coefficient (Wildman–Crippen LogP) is 2.27. The van der Waals surface area contributed by atoms with Crippen molar-refractivity contribution in [2.45, 2.75) is 13.0 Å². The van der Waals surface area contributed by atoms with Gasteiger partial charge in [0, 0.05) is 39.0 Å². The van der Waals surface area contributed by atoms with Crippen molar-refractivity contribution >= 4 is 34.2 Å². The molecule has 14 nitrogen and oxygen atoms in total. The number of hydrogen-bond donors (Lipinski definition) is 1. The fraction of sp³-hybridized carbons (Fsp3) is 0.393. The van der Waals surface area contributed by atoms with Crippen LogP contribution in [0.1, 0.15) is 13.0 Å². The summed E-state index contributed by atoms with van der Waals surface area (Å²) in [4.78, 5) is 26.7. The topological polar surface area (TPSA) is 151 Å². The molecule has 1 saturated heterocycles. The average Bonchev–Trinajstić information content (AvgIpc) is 3.79. The first-order chi connectivity index (χ1) is 20.5. The summed E-state index contributed by atoms with van der Waals surface area (Å²) in [7, 11) is 1.65. The van der Waals surface area contributed by atoms with Crippen LogP contribution >= 0.6 is 0 Å². The summed E-state index contributed by atoms with van der Waals surface area (Å²) in [6.45, 7) is 6.55. The number of nitrogens with zero attached hydrogens (tertiary/aromatic N) is 8. The number of furan rings is 1. The molecule has 1 atom stereocenters. The van der Waals surface area contributed by atoms with Gasteiger partial charge < -0.3 is 34.2 Å². The van der Waals surface area contributed by atoms with E-state index in [4.69, 9.17) is 24.4 Å². The van der Waals surface area contributed by atoms with E-state index in [0.717, 1.165) is 11.4 Å². The molecule has 0 saturated carbocycles. The van der Waals surface area contributed by atoms with Gasteiger partial charge in [0.05, 0.1) is 37.7 Å². The van der Waals surface area contributed by atoms with Gasteiger partial charge in [-0.25, -0.2) is 9.67 Å². The zero-order chi connectivity index (χ0) is 29.1. The molecular weight excluding hydrogens is 542 g/mol. The largest absolute Gasteiger partial charge is 0.491 e. The Morgan fingerprint density at radius 3 is 2.55 bits per heavy atom. The Labute approximate surface area is 241 Å². The second-order valence-corrected chi connectivity index (χ2v) is 9.88. The van der Waals surface area contributed by atoms with E-state index in [2.05, 4.69) is 25.1 Å². The molecule has 1 amide bonds. The standard InChI is InChI=1S/C28H33N9O5/c1-19(36-26-22(18-30-36)25-31-24(23-4-3-13-42-23)33-37(25)28(29)32-26)27(38)35-11-9-34(10-12-35)20-5-7-21(8-6-20)41-17-16-40-15-14-39-2/h3-8,13,18-19H,9-12,14-17H2,1-2H3,(H2,29,32). The van der Waals surface area contributed by atoms with Gasteiger partial charge in [-0.2, -0.15) is 14.6 Å². The lowest BCUT2D eigenvalue weighted by atomic mass is 10.2. The summed E-state index contributed by atoms with van der Waals surface area (Å²) < 4.78 is 24.6. The van der Waals surface area contributed by atoms with Crippen molar-refractivity contribution in [1.82, 2.24) is 34.3 Å². The Morgan fingerprint density at radius 2 is 1.81 bits per heavy atom. The molecule has 42 heavy (non-hydrogen) atoms. The number of ether oxygens (including phenoxy) is 3. The monoisotopic (exact) mass is 575 g/mol. The van der Waals surface area contributed by atoms with Crippen LogP contribution < -0.4 is 15.4 Å². The van der Waals surface area contributed by atoms with Crippen LogP contribution in [-0.2, 0) is 14.3 Å². The van der Waals surface area contributed by atoms with E-state index in [9.17, 15) is 4.79 Å². The lowest BCUT2D eigenvalue weighted by Gasteiger charge is -2.37. The highest BCUT2D eigenvalue weighted by atomic mass is 16.5. The van der Waals surface area contributed by atoms with Gasteiger partial charge in [0.15, 0.2) is 17.1 Å². The highest BCUT2D eigenvalue weighted by Crippen LogP contribution is 2.26. The summed E-state index contributed by atoms with van der Waals surface area (Å²) in [5.41, 5.74) is 8.28. The molecule has 0 aliphatic carbocycles. The van der Waals surface area contributed by atoms with Crippen molar-refractivity contribution in [3.63, 3.8) is 0 Å². The molecule has 6 rings (SSSR count). The number of nitrogens with two attached hydrogens (primary N) is 1. The Balaban J connectivity index is 1.08. The molecule has 0 radical (unpaired) electrons. The van der Waals surface area contributed by atoms with E-state index in [1.165, 1.54) is 4.52 Å². The number of carbonyl (C=O) groups is 1. The van der Waals surface area contributed by atoms with Gasteiger partial charge in [0.2, 0.25) is 17.7 Å². The van der Waals surface area contributed by atoms with Gasteiger partial charge in [-0.3, -0.25) is 4.79 Å². The Kier molecular flexibility index (Phi) is 7.88. The van der Waals surface area contributed by atoms with Gasteiger partial charge in [-0.15, -0.1) is 5.10 Å². The quantitative estimate of drug-likeness (QED) is 0.231. The highest BCUT2D eigenvalue weighted by molar-refractivity contribution is 5.92. The number of piperazine rings is 1. The maximum Gasteiger partial charge on any atom is 0.247 e. The number of anilines is 2. The fourth-order valence-electron chi connectivity index (χ4n) is 4.99. The minimum Gasteiger partial charge on any atom is -0.491 e. The van der Waals surface area contributed by atoms with Crippen LogP contribution in [-0.4, -0.2) is 99.9 Å². The summed E-state index contributed by atoms with van der Waals surface area (Å²) in [5, 5.41) is 9.56. The molecule has 1 fully saturated rings.